The van der Waals surface area contributed by atoms with Crippen molar-refractivity contribution in [3.05, 3.63) is 33.3 Å². The first-order valence-corrected chi connectivity index (χ1v) is 6.49. The summed E-state index contributed by atoms with van der Waals surface area (Å²) in [5, 5.41) is 12.3. The molecule has 0 saturated heterocycles. The van der Waals surface area contributed by atoms with E-state index >= 15 is 0 Å². The summed E-state index contributed by atoms with van der Waals surface area (Å²) in [5.74, 6) is -0.169. The molecule has 0 spiro atoms. The van der Waals surface area contributed by atoms with Gasteiger partial charge in [-0.3, -0.25) is 4.79 Å². The van der Waals surface area contributed by atoms with Gasteiger partial charge in [0, 0.05) is 22.7 Å². The zero-order valence-corrected chi connectivity index (χ0v) is 12.0. The molecule has 94 valence electrons. The van der Waals surface area contributed by atoms with E-state index in [0.717, 1.165) is 4.47 Å². The van der Waals surface area contributed by atoms with E-state index < -0.39 is 0 Å². The maximum absolute atomic E-state index is 11.9. The molecule has 0 fully saturated rings. The Morgan fingerprint density at radius 3 is 2.71 bits per heavy atom. The van der Waals surface area contributed by atoms with Crippen molar-refractivity contribution in [2.45, 2.75) is 19.9 Å². The Bertz CT molecular complexity index is 411. The predicted molar refractivity (Wildman–Crippen MR) is 72.3 cm³/mol. The largest absolute Gasteiger partial charge is 0.396 e. The summed E-state index contributed by atoms with van der Waals surface area (Å²) in [6.45, 7) is 3.78. The molecule has 0 bridgehead atoms. The molecule has 17 heavy (non-hydrogen) atoms. The lowest BCUT2D eigenvalue weighted by atomic mass is 10.0. The molecule has 0 radical (unpaired) electrons. The Morgan fingerprint density at radius 1 is 1.53 bits per heavy atom. The standard InChI is InChI=1S/C12H15BrClNO2/c1-7(6-16)8(2)15-12(17)9-3-4-10(13)11(14)5-9/h3-5,7-8,16H,6H2,1-2H3,(H,15,17). The Balaban J connectivity index is 2.73. The first-order valence-electron chi connectivity index (χ1n) is 5.32. The third-order valence-electron chi connectivity index (χ3n) is 2.68. The van der Waals surface area contributed by atoms with Crippen LogP contribution in [-0.4, -0.2) is 23.7 Å². The van der Waals surface area contributed by atoms with Crippen molar-refractivity contribution in [2.24, 2.45) is 5.92 Å². The molecule has 1 amide bonds. The van der Waals surface area contributed by atoms with Crippen molar-refractivity contribution in [1.82, 2.24) is 5.32 Å². The molecular formula is C12H15BrClNO2. The fourth-order valence-electron chi connectivity index (χ4n) is 1.23. The smallest absolute Gasteiger partial charge is 0.251 e. The number of carbonyl (C=O) groups is 1. The van der Waals surface area contributed by atoms with Crippen LogP contribution in [0, 0.1) is 5.92 Å². The second kappa shape index (κ2) is 6.38. The third-order valence-corrected chi connectivity index (χ3v) is 3.91. The molecule has 3 nitrogen and oxygen atoms in total. The van der Waals surface area contributed by atoms with Crippen LogP contribution < -0.4 is 5.32 Å². The first-order chi connectivity index (χ1) is 7.95. The Morgan fingerprint density at radius 2 is 2.18 bits per heavy atom. The molecule has 5 heteroatoms. The third kappa shape index (κ3) is 3.98. The number of amides is 1. The Hall–Kier alpha value is -0.580. The second-order valence-corrected chi connectivity index (χ2v) is 5.31. The minimum absolute atomic E-state index is 0.0184. The van der Waals surface area contributed by atoms with Crippen LogP contribution in [0.3, 0.4) is 0 Å². The molecule has 1 aromatic carbocycles. The summed E-state index contributed by atoms with van der Waals surface area (Å²) in [6, 6.07) is 4.95. The lowest BCUT2D eigenvalue weighted by Crippen LogP contribution is -2.38. The van der Waals surface area contributed by atoms with Gasteiger partial charge < -0.3 is 10.4 Å². The SMILES string of the molecule is CC(CO)C(C)NC(=O)c1ccc(Br)c(Cl)c1. The van der Waals surface area contributed by atoms with E-state index in [1.54, 1.807) is 18.2 Å². The van der Waals surface area contributed by atoms with Gasteiger partial charge in [0.05, 0.1) is 5.02 Å². The van der Waals surface area contributed by atoms with Gasteiger partial charge in [-0.15, -0.1) is 0 Å². The van der Waals surface area contributed by atoms with Crippen LogP contribution in [0.5, 0.6) is 0 Å². The quantitative estimate of drug-likeness (QED) is 0.896. The number of halogens is 2. The number of hydrogen-bond acceptors (Lipinski definition) is 2. The van der Waals surface area contributed by atoms with Crippen LogP contribution in [0.4, 0.5) is 0 Å². The molecule has 0 aliphatic carbocycles. The minimum Gasteiger partial charge on any atom is -0.396 e. The summed E-state index contributed by atoms with van der Waals surface area (Å²) >= 11 is 9.18. The second-order valence-electron chi connectivity index (χ2n) is 4.05. The average molecular weight is 321 g/mol. The van der Waals surface area contributed by atoms with E-state index in [1.807, 2.05) is 13.8 Å². The van der Waals surface area contributed by atoms with E-state index in [2.05, 4.69) is 21.2 Å². The fourth-order valence-corrected chi connectivity index (χ4v) is 1.66. The number of rotatable bonds is 4. The van der Waals surface area contributed by atoms with Crippen molar-refractivity contribution in [1.29, 1.82) is 0 Å². The van der Waals surface area contributed by atoms with Gasteiger partial charge in [0.15, 0.2) is 0 Å². The number of nitrogens with one attached hydrogen (secondary N) is 1. The highest BCUT2D eigenvalue weighted by Gasteiger charge is 2.15. The molecule has 2 unspecified atom stereocenters. The van der Waals surface area contributed by atoms with Crippen molar-refractivity contribution < 1.29 is 9.90 Å². The molecule has 2 N–H and O–H groups in total. The zero-order chi connectivity index (χ0) is 13.0. The summed E-state index contributed by atoms with van der Waals surface area (Å²) in [4.78, 5) is 11.9. The summed E-state index contributed by atoms with van der Waals surface area (Å²) < 4.78 is 0.757. The van der Waals surface area contributed by atoms with Crippen molar-refractivity contribution in [3.63, 3.8) is 0 Å². The van der Waals surface area contributed by atoms with E-state index in [0.29, 0.717) is 10.6 Å². The van der Waals surface area contributed by atoms with Gasteiger partial charge in [-0.25, -0.2) is 0 Å². The highest BCUT2D eigenvalue weighted by molar-refractivity contribution is 9.10. The molecule has 0 aliphatic rings. The lowest BCUT2D eigenvalue weighted by molar-refractivity contribution is 0.0916. The Kier molecular flexibility index (Phi) is 5.43. The fraction of sp³-hybridized carbons (Fsp3) is 0.417. The van der Waals surface area contributed by atoms with E-state index in [9.17, 15) is 4.79 Å². The average Bonchev–Trinajstić information content (AvgIpc) is 2.31. The molecule has 0 saturated carbocycles. The number of carbonyl (C=O) groups excluding carboxylic acids is 1. The number of aliphatic hydroxyl groups is 1. The van der Waals surface area contributed by atoms with Gasteiger partial charge >= 0.3 is 0 Å². The van der Waals surface area contributed by atoms with E-state index in [-0.39, 0.29) is 24.5 Å². The lowest BCUT2D eigenvalue weighted by Gasteiger charge is -2.19. The van der Waals surface area contributed by atoms with E-state index in [4.69, 9.17) is 16.7 Å². The highest BCUT2D eigenvalue weighted by Crippen LogP contribution is 2.23. The Labute approximate surface area is 114 Å². The summed E-state index contributed by atoms with van der Waals surface area (Å²) in [6.07, 6.45) is 0. The summed E-state index contributed by atoms with van der Waals surface area (Å²) in [5.41, 5.74) is 0.509. The van der Waals surface area contributed by atoms with Crippen molar-refractivity contribution in [2.75, 3.05) is 6.61 Å². The van der Waals surface area contributed by atoms with Crippen LogP contribution in [0.1, 0.15) is 24.2 Å². The monoisotopic (exact) mass is 319 g/mol. The number of hydrogen-bond donors (Lipinski definition) is 2. The first kappa shape index (κ1) is 14.5. The van der Waals surface area contributed by atoms with Gasteiger partial charge in [-0.2, -0.15) is 0 Å². The minimum atomic E-state index is -0.188. The molecule has 1 rings (SSSR count). The normalized spacial score (nSPS) is 14.2. The molecule has 0 heterocycles. The van der Waals surface area contributed by atoms with Gasteiger partial charge in [0.25, 0.3) is 5.91 Å². The topological polar surface area (TPSA) is 49.3 Å². The molecule has 0 aliphatic heterocycles. The van der Waals surface area contributed by atoms with Crippen molar-refractivity contribution in [3.8, 4) is 0 Å². The molecule has 0 aromatic heterocycles. The number of aliphatic hydroxyl groups excluding tert-OH is 1. The maximum atomic E-state index is 11.9. The van der Waals surface area contributed by atoms with Gasteiger partial charge in [-0.05, 0) is 47.0 Å². The van der Waals surface area contributed by atoms with Gasteiger partial charge in [-0.1, -0.05) is 18.5 Å². The van der Waals surface area contributed by atoms with Crippen LogP contribution in [0.2, 0.25) is 5.02 Å². The van der Waals surface area contributed by atoms with Crippen LogP contribution >= 0.6 is 27.5 Å². The molecule has 2 atom stereocenters. The summed E-state index contributed by atoms with van der Waals surface area (Å²) in [7, 11) is 0. The van der Waals surface area contributed by atoms with Crippen LogP contribution in [0.15, 0.2) is 22.7 Å². The predicted octanol–water partition coefficient (Wildman–Crippen LogP) is 2.85. The highest BCUT2D eigenvalue weighted by atomic mass is 79.9. The number of benzene rings is 1. The van der Waals surface area contributed by atoms with Crippen LogP contribution in [0.25, 0.3) is 0 Å². The van der Waals surface area contributed by atoms with E-state index in [1.165, 1.54) is 0 Å². The van der Waals surface area contributed by atoms with Crippen LogP contribution in [-0.2, 0) is 0 Å². The van der Waals surface area contributed by atoms with Gasteiger partial charge in [0.1, 0.15) is 0 Å². The molecule has 1 aromatic rings. The van der Waals surface area contributed by atoms with Crippen molar-refractivity contribution >= 4 is 33.4 Å². The maximum Gasteiger partial charge on any atom is 0.251 e. The van der Waals surface area contributed by atoms with Gasteiger partial charge in [0.2, 0.25) is 0 Å². The zero-order valence-electron chi connectivity index (χ0n) is 9.71. The molecular weight excluding hydrogens is 305 g/mol.